The number of hydrogen-bond donors (Lipinski definition) is 2. The van der Waals surface area contributed by atoms with E-state index in [4.69, 9.17) is 28.3 Å². The van der Waals surface area contributed by atoms with Crippen molar-refractivity contribution in [3.8, 4) is 10.6 Å². The number of rotatable bonds is 8. The largest absolute Gasteiger partial charge is 0.480 e. The number of halogens is 2. The lowest BCUT2D eigenvalue weighted by atomic mass is 10.2. The Bertz CT molecular complexity index is 768. The summed E-state index contributed by atoms with van der Waals surface area (Å²) in [5, 5.41) is 15.2. The Kier molecular flexibility index (Phi) is 7.56. The van der Waals surface area contributed by atoms with Crippen molar-refractivity contribution in [1.82, 2.24) is 10.3 Å². The maximum Gasteiger partial charge on any atom is 0.326 e. The third-order valence-corrected chi connectivity index (χ3v) is 5.42. The van der Waals surface area contributed by atoms with E-state index in [-0.39, 0.29) is 12.3 Å². The number of thiazole rings is 1. The molecule has 0 radical (unpaired) electrons. The maximum absolute atomic E-state index is 12.1. The van der Waals surface area contributed by atoms with Crippen LogP contribution in [0.25, 0.3) is 10.6 Å². The molecule has 0 spiro atoms. The Morgan fingerprint density at radius 1 is 1.40 bits per heavy atom. The number of carbonyl (C=O) groups excluding carboxylic acids is 1. The van der Waals surface area contributed by atoms with E-state index >= 15 is 0 Å². The van der Waals surface area contributed by atoms with Crippen LogP contribution in [0.2, 0.25) is 10.0 Å². The Morgan fingerprint density at radius 3 is 2.80 bits per heavy atom. The molecule has 2 rings (SSSR count). The number of hydrogen-bond acceptors (Lipinski definition) is 5. The van der Waals surface area contributed by atoms with Crippen molar-refractivity contribution < 1.29 is 14.7 Å². The van der Waals surface area contributed by atoms with E-state index in [1.807, 2.05) is 6.26 Å². The first-order valence-electron chi connectivity index (χ1n) is 7.31. The van der Waals surface area contributed by atoms with Crippen LogP contribution in [0.15, 0.2) is 23.6 Å². The van der Waals surface area contributed by atoms with Gasteiger partial charge in [-0.2, -0.15) is 11.8 Å². The highest BCUT2D eigenvalue weighted by Gasteiger charge is 2.20. The van der Waals surface area contributed by atoms with Crippen LogP contribution in [0.5, 0.6) is 0 Å². The molecule has 134 valence electrons. The molecule has 25 heavy (non-hydrogen) atoms. The quantitative estimate of drug-likeness (QED) is 0.677. The molecule has 2 aromatic rings. The minimum Gasteiger partial charge on any atom is -0.480 e. The average Bonchev–Trinajstić information content (AvgIpc) is 2.99. The Hall–Kier alpha value is -1.28. The van der Waals surface area contributed by atoms with Gasteiger partial charge < -0.3 is 10.4 Å². The number of benzene rings is 1. The van der Waals surface area contributed by atoms with Gasteiger partial charge in [0.15, 0.2) is 0 Å². The van der Waals surface area contributed by atoms with Crippen molar-refractivity contribution in [2.45, 2.75) is 18.9 Å². The number of nitrogens with zero attached hydrogens (tertiary/aromatic N) is 1. The molecular formula is C16H16Cl2N2O3S2. The first kappa shape index (κ1) is 20.0. The summed E-state index contributed by atoms with van der Waals surface area (Å²) in [6.07, 6.45) is 2.29. The molecule has 0 aliphatic carbocycles. The molecule has 1 aromatic carbocycles. The second-order valence-electron chi connectivity index (χ2n) is 5.18. The lowest BCUT2D eigenvalue weighted by molar-refractivity contribution is -0.141. The Labute approximate surface area is 163 Å². The first-order chi connectivity index (χ1) is 11.9. The highest BCUT2D eigenvalue weighted by molar-refractivity contribution is 7.98. The molecule has 0 aliphatic heterocycles. The molecule has 1 aromatic heterocycles. The van der Waals surface area contributed by atoms with Crippen LogP contribution in [0.1, 0.15) is 12.1 Å². The average molecular weight is 419 g/mol. The summed E-state index contributed by atoms with van der Waals surface area (Å²) in [7, 11) is 0. The normalized spacial score (nSPS) is 12.0. The zero-order valence-electron chi connectivity index (χ0n) is 13.3. The van der Waals surface area contributed by atoms with Gasteiger partial charge >= 0.3 is 5.97 Å². The molecule has 0 bridgehead atoms. The van der Waals surface area contributed by atoms with Crippen LogP contribution in [-0.4, -0.2) is 40.0 Å². The molecule has 0 saturated heterocycles. The van der Waals surface area contributed by atoms with E-state index in [0.717, 1.165) is 5.56 Å². The van der Waals surface area contributed by atoms with Crippen molar-refractivity contribution in [1.29, 1.82) is 0 Å². The summed E-state index contributed by atoms with van der Waals surface area (Å²) in [6, 6.07) is 4.24. The second-order valence-corrected chi connectivity index (χ2v) is 7.87. The van der Waals surface area contributed by atoms with Crippen LogP contribution in [0.4, 0.5) is 0 Å². The van der Waals surface area contributed by atoms with E-state index in [0.29, 0.717) is 32.9 Å². The minimum absolute atomic E-state index is 0.0186. The fourth-order valence-electron chi connectivity index (χ4n) is 2.08. The summed E-state index contributed by atoms with van der Waals surface area (Å²) < 4.78 is 0. The molecule has 1 unspecified atom stereocenters. The van der Waals surface area contributed by atoms with Gasteiger partial charge in [-0.05, 0) is 36.6 Å². The van der Waals surface area contributed by atoms with Gasteiger partial charge in [0.05, 0.1) is 17.1 Å². The number of carbonyl (C=O) groups is 2. The topological polar surface area (TPSA) is 79.3 Å². The van der Waals surface area contributed by atoms with Crippen molar-refractivity contribution >= 4 is 58.2 Å². The fourth-order valence-corrected chi connectivity index (χ4v) is 3.96. The fraction of sp³-hybridized carbons (Fsp3) is 0.312. The monoisotopic (exact) mass is 418 g/mol. The molecule has 9 heteroatoms. The van der Waals surface area contributed by atoms with Gasteiger partial charge in [-0.1, -0.05) is 23.2 Å². The van der Waals surface area contributed by atoms with Crippen molar-refractivity contribution in [3.63, 3.8) is 0 Å². The number of aliphatic carboxylic acids is 1. The van der Waals surface area contributed by atoms with Gasteiger partial charge in [0.25, 0.3) is 0 Å². The predicted molar refractivity (Wildman–Crippen MR) is 104 cm³/mol. The zero-order valence-corrected chi connectivity index (χ0v) is 16.4. The number of nitrogens with one attached hydrogen (secondary N) is 1. The number of aromatic nitrogens is 1. The van der Waals surface area contributed by atoms with E-state index in [2.05, 4.69) is 10.3 Å². The van der Waals surface area contributed by atoms with Crippen molar-refractivity contribution in [2.24, 2.45) is 0 Å². The summed E-state index contributed by atoms with van der Waals surface area (Å²) in [6.45, 7) is 0. The van der Waals surface area contributed by atoms with E-state index in [1.165, 1.54) is 23.1 Å². The number of carboxylic acids is 1. The minimum atomic E-state index is -1.03. The molecular weight excluding hydrogens is 403 g/mol. The molecule has 5 nitrogen and oxygen atoms in total. The van der Waals surface area contributed by atoms with E-state index < -0.39 is 12.0 Å². The van der Waals surface area contributed by atoms with Gasteiger partial charge in [-0.15, -0.1) is 11.3 Å². The molecule has 1 amide bonds. The predicted octanol–water partition coefficient (Wildman–Crippen LogP) is 3.98. The van der Waals surface area contributed by atoms with Crippen LogP contribution in [-0.2, 0) is 16.0 Å². The maximum atomic E-state index is 12.1. The van der Waals surface area contributed by atoms with Gasteiger partial charge in [0, 0.05) is 16.0 Å². The van der Waals surface area contributed by atoms with E-state index in [1.54, 1.807) is 23.6 Å². The zero-order chi connectivity index (χ0) is 18.4. The van der Waals surface area contributed by atoms with Crippen LogP contribution in [0.3, 0.4) is 0 Å². The van der Waals surface area contributed by atoms with Crippen LogP contribution >= 0.6 is 46.3 Å². The molecule has 0 fully saturated rings. The smallest absolute Gasteiger partial charge is 0.326 e. The molecule has 1 atom stereocenters. The van der Waals surface area contributed by atoms with Crippen LogP contribution in [0, 0.1) is 0 Å². The third kappa shape index (κ3) is 5.88. The highest BCUT2D eigenvalue weighted by atomic mass is 35.5. The second kappa shape index (κ2) is 9.43. The Balaban J connectivity index is 2.02. The molecule has 0 saturated carbocycles. The summed E-state index contributed by atoms with van der Waals surface area (Å²) in [5.74, 6) is -0.741. The highest BCUT2D eigenvalue weighted by Crippen LogP contribution is 2.32. The lowest BCUT2D eigenvalue weighted by Gasteiger charge is -2.13. The molecule has 0 aliphatic rings. The van der Waals surface area contributed by atoms with E-state index in [9.17, 15) is 9.59 Å². The van der Waals surface area contributed by atoms with Crippen molar-refractivity contribution in [2.75, 3.05) is 12.0 Å². The first-order valence-corrected chi connectivity index (χ1v) is 10.3. The molecule has 2 N–H and O–H groups in total. The summed E-state index contributed by atoms with van der Waals surface area (Å²) >= 11 is 15.0. The third-order valence-electron chi connectivity index (χ3n) is 3.30. The SMILES string of the molecule is CSCCC(NC(=O)Cc1csc(-c2ccc(Cl)cc2Cl)n1)C(=O)O. The number of amides is 1. The molecule has 1 heterocycles. The standard InChI is InChI=1S/C16H16Cl2N2O3S2/c1-24-5-4-13(16(22)23)20-14(21)7-10-8-25-15(19-10)11-3-2-9(17)6-12(11)18/h2-3,6,8,13H,4-5,7H2,1H3,(H,20,21)(H,22,23). The lowest BCUT2D eigenvalue weighted by Crippen LogP contribution is -2.41. The van der Waals surface area contributed by atoms with Crippen LogP contribution < -0.4 is 5.32 Å². The number of thioether (sulfide) groups is 1. The Morgan fingerprint density at radius 2 is 2.16 bits per heavy atom. The van der Waals surface area contributed by atoms with Gasteiger partial charge in [0.1, 0.15) is 11.0 Å². The van der Waals surface area contributed by atoms with Gasteiger partial charge in [-0.3, -0.25) is 4.79 Å². The summed E-state index contributed by atoms with van der Waals surface area (Å²) in [4.78, 5) is 27.7. The van der Waals surface area contributed by atoms with Gasteiger partial charge in [-0.25, -0.2) is 9.78 Å². The van der Waals surface area contributed by atoms with Crippen molar-refractivity contribution in [3.05, 3.63) is 39.3 Å². The number of carboxylic acid groups (broad SMARTS) is 1. The summed E-state index contributed by atoms with van der Waals surface area (Å²) in [5.41, 5.74) is 1.31. The van der Waals surface area contributed by atoms with Gasteiger partial charge in [0.2, 0.25) is 5.91 Å².